The number of fused-ring (bicyclic) bond motifs is 1. The summed E-state index contributed by atoms with van der Waals surface area (Å²) in [6, 6.07) is 14.7. The maximum absolute atomic E-state index is 11.4. The van der Waals surface area contributed by atoms with Crippen molar-refractivity contribution >= 4 is 16.7 Å². The maximum Gasteiger partial charge on any atom is 0.220 e. The van der Waals surface area contributed by atoms with Gasteiger partial charge in [-0.05, 0) is 35.7 Å². The molecule has 0 bridgehead atoms. The van der Waals surface area contributed by atoms with E-state index in [1.807, 2.05) is 12.1 Å². The molecule has 0 saturated heterocycles. The fraction of sp³-hybridized carbons (Fsp3) is 0.312. The van der Waals surface area contributed by atoms with E-state index >= 15 is 0 Å². The summed E-state index contributed by atoms with van der Waals surface area (Å²) in [5, 5.41) is 5.41. The Hall–Kier alpha value is -1.87. The molecule has 0 spiro atoms. The fourth-order valence-electron chi connectivity index (χ4n) is 2.09. The highest BCUT2D eigenvalue weighted by molar-refractivity contribution is 5.83. The standard InChI is InChI=1S/C16H20N2O/c17-10-3-6-16(19)18-11-9-13-7-8-14-4-1-2-5-15(14)12-13/h1-2,4-5,7-8,12H,3,6,9-11,17H2,(H,18,19). The average Bonchev–Trinajstić information content (AvgIpc) is 2.45. The fourth-order valence-corrected chi connectivity index (χ4v) is 2.09. The Bertz CT molecular complexity index is 551. The van der Waals surface area contributed by atoms with E-state index in [0.717, 1.165) is 12.8 Å². The van der Waals surface area contributed by atoms with E-state index in [1.165, 1.54) is 16.3 Å². The van der Waals surface area contributed by atoms with Crippen molar-refractivity contribution in [2.75, 3.05) is 13.1 Å². The molecule has 3 N–H and O–H groups in total. The van der Waals surface area contributed by atoms with Crippen LogP contribution in [0.1, 0.15) is 18.4 Å². The Morgan fingerprint density at radius 2 is 1.89 bits per heavy atom. The van der Waals surface area contributed by atoms with Crippen LogP contribution >= 0.6 is 0 Å². The van der Waals surface area contributed by atoms with E-state index in [-0.39, 0.29) is 5.91 Å². The van der Waals surface area contributed by atoms with Crippen molar-refractivity contribution in [1.29, 1.82) is 0 Å². The van der Waals surface area contributed by atoms with Gasteiger partial charge in [-0.15, -0.1) is 0 Å². The maximum atomic E-state index is 11.4. The minimum Gasteiger partial charge on any atom is -0.356 e. The molecule has 2 aromatic carbocycles. The predicted octanol–water partition coefficient (Wildman–Crippen LogP) is 2.24. The van der Waals surface area contributed by atoms with E-state index < -0.39 is 0 Å². The summed E-state index contributed by atoms with van der Waals surface area (Å²) in [4.78, 5) is 11.4. The summed E-state index contributed by atoms with van der Waals surface area (Å²) < 4.78 is 0. The average molecular weight is 256 g/mol. The summed E-state index contributed by atoms with van der Waals surface area (Å²) in [6.45, 7) is 1.25. The lowest BCUT2D eigenvalue weighted by Gasteiger charge is -2.06. The largest absolute Gasteiger partial charge is 0.356 e. The summed E-state index contributed by atoms with van der Waals surface area (Å²) in [6.07, 6.45) is 2.13. The molecule has 100 valence electrons. The number of nitrogens with one attached hydrogen (secondary N) is 1. The minimum atomic E-state index is 0.0891. The van der Waals surface area contributed by atoms with Gasteiger partial charge < -0.3 is 11.1 Å². The second kappa shape index (κ2) is 6.90. The first-order valence-corrected chi connectivity index (χ1v) is 6.74. The Morgan fingerprint density at radius 3 is 2.68 bits per heavy atom. The van der Waals surface area contributed by atoms with Crippen molar-refractivity contribution in [2.24, 2.45) is 5.73 Å². The zero-order valence-corrected chi connectivity index (χ0v) is 11.1. The molecule has 0 atom stereocenters. The third kappa shape index (κ3) is 4.07. The molecule has 1 amide bonds. The quantitative estimate of drug-likeness (QED) is 0.832. The number of hydrogen-bond donors (Lipinski definition) is 2. The molecule has 0 aromatic heterocycles. The molecule has 0 radical (unpaired) electrons. The number of carbonyl (C=O) groups excluding carboxylic acids is 1. The van der Waals surface area contributed by atoms with Gasteiger partial charge >= 0.3 is 0 Å². The first-order valence-electron chi connectivity index (χ1n) is 6.74. The molecule has 0 fully saturated rings. The molecular weight excluding hydrogens is 236 g/mol. The van der Waals surface area contributed by atoms with Crippen LogP contribution in [0, 0.1) is 0 Å². The van der Waals surface area contributed by atoms with Crippen molar-refractivity contribution in [3.63, 3.8) is 0 Å². The zero-order valence-electron chi connectivity index (χ0n) is 11.1. The third-order valence-corrected chi connectivity index (χ3v) is 3.16. The minimum absolute atomic E-state index is 0.0891. The highest BCUT2D eigenvalue weighted by atomic mass is 16.1. The highest BCUT2D eigenvalue weighted by Crippen LogP contribution is 2.15. The smallest absolute Gasteiger partial charge is 0.220 e. The van der Waals surface area contributed by atoms with Crippen LogP contribution in [-0.2, 0) is 11.2 Å². The topological polar surface area (TPSA) is 55.1 Å². The molecular formula is C16H20N2O. The van der Waals surface area contributed by atoms with Crippen molar-refractivity contribution < 1.29 is 4.79 Å². The van der Waals surface area contributed by atoms with Crippen LogP contribution in [0.4, 0.5) is 0 Å². The number of rotatable bonds is 6. The lowest BCUT2D eigenvalue weighted by molar-refractivity contribution is -0.121. The van der Waals surface area contributed by atoms with E-state index in [1.54, 1.807) is 0 Å². The molecule has 0 aliphatic heterocycles. The number of benzene rings is 2. The van der Waals surface area contributed by atoms with Crippen LogP contribution in [0.3, 0.4) is 0 Å². The van der Waals surface area contributed by atoms with Crippen LogP contribution in [0.25, 0.3) is 10.8 Å². The molecule has 3 heteroatoms. The molecule has 0 heterocycles. The first-order chi connectivity index (χ1) is 9.29. The number of hydrogen-bond acceptors (Lipinski definition) is 2. The van der Waals surface area contributed by atoms with Gasteiger partial charge in [0.15, 0.2) is 0 Å². The van der Waals surface area contributed by atoms with E-state index in [2.05, 4.69) is 35.6 Å². The first kappa shape index (κ1) is 13.6. The predicted molar refractivity (Wildman–Crippen MR) is 79.0 cm³/mol. The van der Waals surface area contributed by atoms with Crippen molar-refractivity contribution in [1.82, 2.24) is 5.32 Å². The molecule has 2 aromatic rings. The molecule has 3 nitrogen and oxygen atoms in total. The molecule has 2 rings (SSSR count). The van der Waals surface area contributed by atoms with Gasteiger partial charge in [0.05, 0.1) is 0 Å². The van der Waals surface area contributed by atoms with E-state index in [9.17, 15) is 4.79 Å². The molecule has 19 heavy (non-hydrogen) atoms. The lowest BCUT2D eigenvalue weighted by atomic mass is 10.1. The SMILES string of the molecule is NCCCC(=O)NCCc1ccc2ccccc2c1. The van der Waals surface area contributed by atoms with Crippen LogP contribution < -0.4 is 11.1 Å². The normalized spacial score (nSPS) is 10.6. The van der Waals surface area contributed by atoms with Crippen molar-refractivity contribution in [3.05, 3.63) is 48.0 Å². The van der Waals surface area contributed by atoms with E-state index in [4.69, 9.17) is 5.73 Å². The second-order valence-corrected chi connectivity index (χ2v) is 4.67. The van der Waals surface area contributed by atoms with E-state index in [0.29, 0.717) is 19.5 Å². The second-order valence-electron chi connectivity index (χ2n) is 4.67. The summed E-state index contributed by atoms with van der Waals surface area (Å²) in [5.41, 5.74) is 6.62. The van der Waals surface area contributed by atoms with Crippen LogP contribution in [0.15, 0.2) is 42.5 Å². The molecule has 0 aliphatic carbocycles. The van der Waals surface area contributed by atoms with Crippen molar-refractivity contribution in [2.45, 2.75) is 19.3 Å². The van der Waals surface area contributed by atoms with Gasteiger partial charge in [-0.25, -0.2) is 0 Å². The summed E-state index contributed by atoms with van der Waals surface area (Å²) >= 11 is 0. The van der Waals surface area contributed by atoms with Gasteiger partial charge in [-0.2, -0.15) is 0 Å². The van der Waals surface area contributed by atoms with Crippen molar-refractivity contribution in [3.8, 4) is 0 Å². The Balaban J connectivity index is 1.86. The van der Waals surface area contributed by atoms with Gasteiger partial charge in [-0.3, -0.25) is 4.79 Å². The monoisotopic (exact) mass is 256 g/mol. The summed E-state index contributed by atoms with van der Waals surface area (Å²) in [5.74, 6) is 0.0891. The highest BCUT2D eigenvalue weighted by Gasteiger charge is 2.00. The Kier molecular flexibility index (Phi) is 4.93. The van der Waals surface area contributed by atoms with Crippen LogP contribution in [0.2, 0.25) is 0 Å². The van der Waals surface area contributed by atoms with Gasteiger partial charge in [0, 0.05) is 13.0 Å². The number of nitrogens with two attached hydrogens (primary N) is 1. The Morgan fingerprint density at radius 1 is 1.11 bits per heavy atom. The molecule has 0 saturated carbocycles. The van der Waals surface area contributed by atoms with Crippen LogP contribution in [0.5, 0.6) is 0 Å². The third-order valence-electron chi connectivity index (χ3n) is 3.16. The van der Waals surface area contributed by atoms with Crippen LogP contribution in [-0.4, -0.2) is 19.0 Å². The lowest BCUT2D eigenvalue weighted by Crippen LogP contribution is -2.25. The molecule has 0 aliphatic rings. The van der Waals surface area contributed by atoms with Gasteiger partial charge in [0.2, 0.25) is 5.91 Å². The Labute approximate surface area is 113 Å². The zero-order chi connectivity index (χ0) is 13.5. The summed E-state index contributed by atoms with van der Waals surface area (Å²) in [7, 11) is 0. The van der Waals surface area contributed by atoms with Gasteiger partial charge in [0.25, 0.3) is 0 Å². The number of carbonyl (C=O) groups is 1. The van der Waals surface area contributed by atoms with Gasteiger partial charge in [-0.1, -0.05) is 42.5 Å². The number of amides is 1. The van der Waals surface area contributed by atoms with Gasteiger partial charge in [0.1, 0.15) is 0 Å². The molecule has 0 unspecified atom stereocenters.